The highest BCUT2D eigenvalue weighted by molar-refractivity contribution is 5.97. The zero-order chi connectivity index (χ0) is 15.5. The average Bonchev–Trinajstić information content (AvgIpc) is 2.95. The number of nitrogens with two attached hydrogens (primary N) is 1. The van der Waals surface area contributed by atoms with Crippen molar-refractivity contribution >= 4 is 16.8 Å². The molecular weight excluding hydrogens is 281 g/mol. The van der Waals surface area contributed by atoms with E-state index in [0.717, 1.165) is 22.0 Å². The van der Waals surface area contributed by atoms with Crippen LogP contribution in [-0.2, 0) is 0 Å². The average molecular weight is 297 g/mol. The van der Waals surface area contributed by atoms with Gasteiger partial charge in [-0.05, 0) is 35.9 Å². The van der Waals surface area contributed by atoms with Crippen molar-refractivity contribution in [1.82, 2.24) is 10.3 Å². The van der Waals surface area contributed by atoms with E-state index in [2.05, 4.69) is 10.3 Å². The lowest BCUT2D eigenvalue weighted by Crippen LogP contribution is -2.28. The highest BCUT2D eigenvalue weighted by atomic mass is 19.1. The van der Waals surface area contributed by atoms with Gasteiger partial charge in [-0.25, -0.2) is 4.39 Å². The maximum Gasteiger partial charge on any atom is 0.251 e. The summed E-state index contributed by atoms with van der Waals surface area (Å²) in [6.07, 6.45) is 1.84. The number of nitrogens with one attached hydrogen (secondary N) is 2. The van der Waals surface area contributed by atoms with E-state index in [9.17, 15) is 9.18 Å². The lowest BCUT2D eigenvalue weighted by Gasteiger charge is -2.05. The van der Waals surface area contributed by atoms with Gasteiger partial charge in [-0.1, -0.05) is 12.1 Å². The van der Waals surface area contributed by atoms with Gasteiger partial charge in [-0.15, -0.1) is 0 Å². The minimum atomic E-state index is -0.271. The minimum absolute atomic E-state index is 0.141. The lowest BCUT2D eigenvalue weighted by molar-refractivity contribution is 0.0955. The quantitative estimate of drug-likeness (QED) is 0.693. The van der Waals surface area contributed by atoms with Crippen LogP contribution < -0.4 is 11.1 Å². The van der Waals surface area contributed by atoms with Crippen molar-refractivity contribution in [3.05, 3.63) is 60.0 Å². The summed E-state index contributed by atoms with van der Waals surface area (Å²) in [5, 5.41) is 3.67. The Bertz CT molecular complexity index is 808. The van der Waals surface area contributed by atoms with E-state index in [1.165, 1.54) is 12.1 Å². The zero-order valence-corrected chi connectivity index (χ0v) is 11.9. The Morgan fingerprint density at radius 2 is 1.95 bits per heavy atom. The van der Waals surface area contributed by atoms with Crippen LogP contribution >= 0.6 is 0 Å². The van der Waals surface area contributed by atoms with Gasteiger partial charge in [0.25, 0.3) is 5.91 Å². The molecule has 0 spiro atoms. The van der Waals surface area contributed by atoms with Crippen LogP contribution in [0.3, 0.4) is 0 Å². The molecule has 0 bridgehead atoms. The van der Waals surface area contributed by atoms with Gasteiger partial charge >= 0.3 is 0 Å². The number of fused-ring (bicyclic) bond motifs is 1. The molecule has 0 aliphatic heterocycles. The Kier molecular flexibility index (Phi) is 3.89. The molecule has 0 aliphatic rings. The van der Waals surface area contributed by atoms with Gasteiger partial charge in [0.2, 0.25) is 0 Å². The Hall–Kier alpha value is -2.66. The van der Waals surface area contributed by atoms with Crippen molar-refractivity contribution in [2.75, 3.05) is 13.1 Å². The van der Waals surface area contributed by atoms with Gasteiger partial charge in [0.1, 0.15) is 5.82 Å². The number of hydrogen-bond acceptors (Lipinski definition) is 2. The summed E-state index contributed by atoms with van der Waals surface area (Å²) in [5.41, 5.74) is 8.64. The van der Waals surface area contributed by atoms with E-state index in [4.69, 9.17) is 5.73 Å². The number of carbonyl (C=O) groups excluding carboxylic acids is 1. The van der Waals surface area contributed by atoms with Crippen LogP contribution in [-0.4, -0.2) is 24.0 Å². The molecule has 1 amide bonds. The number of H-pyrrole nitrogens is 1. The van der Waals surface area contributed by atoms with E-state index in [1.807, 2.05) is 18.3 Å². The molecule has 2 aromatic carbocycles. The molecular formula is C17H16FN3O. The number of benzene rings is 2. The molecule has 0 aliphatic carbocycles. The first kappa shape index (κ1) is 14.3. The lowest BCUT2D eigenvalue weighted by atomic mass is 10.0. The minimum Gasteiger partial charge on any atom is -0.360 e. The van der Waals surface area contributed by atoms with Gasteiger partial charge in [0.15, 0.2) is 0 Å². The monoisotopic (exact) mass is 297 g/mol. The van der Waals surface area contributed by atoms with Crippen molar-refractivity contribution in [2.24, 2.45) is 5.73 Å². The first-order chi connectivity index (χ1) is 10.7. The molecule has 0 saturated carbocycles. The van der Waals surface area contributed by atoms with Crippen molar-refractivity contribution in [3.8, 4) is 11.1 Å². The molecule has 112 valence electrons. The molecule has 0 radical (unpaired) electrons. The van der Waals surface area contributed by atoms with E-state index in [0.29, 0.717) is 18.7 Å². The molecule has 0 atom stereocenters. The molecule has 4 nitrogen and oxygen atoms in total. The summed E-state index contributed by atoms with van der Waals surface area (Å²) in [4.78, 5) is 14.9. The van der Waals surface area contributed by atoms with Crippen molar-refractivity contribution in [2.45, 2.75) is 0 Å². The summed E-state index contributed by atoms with van der Waals surface area (Å²) in [5.74, 6) is -0.411. The first-order valence-electron chi connectivity index (χ1n) is 7.04. The summed E-state index contributed by atoms with van der Waals surface area (Å²) < 4.78 is 13.2. The number of aromatic nitrogens is 1. The molecule has 22 heavy (non-hydrogen) atoms. The van der Waals surface area contributed by atoms with Crippen LogP contribution in [0.25, 0.3) is 22.0 Å². The van der Waals surface area contributed by atoms with E-state index in [-0.39, 0.29) is 11.7 Å². The summed E-state index contributed by atoms with van der Waals surface area (Å²) in [6.45, 7) is 0.865. The summed E-state index contributed by atoms with van der Waals surface area (Å²) in [7, 11) is 0. The third-order valence-electron chi connectivity index (χ3n) is 3.53. The number of aromatic amines is 1. The molecule has 5 heteroatoms. The Morgan fingerprint density at radius 1 is 1.18 bits per heavy atom. The third-order valence-corrected chi connectivity index (χ3v) is 3.53. The second kappa shape index (κ2) is 5.99. The Morgan fingerprint density at radius 3 is 2.68 bits per heavy atom. The molecule has 3 aromatic rings. The Balaban J connectivity index is 1.90. The third kappa shape index (κ3) is 2.71. The van der Waals surface area contributed by atoms with E-state index >= 15 is 0 Å². The van der Waals surface area contributed by atoms with Crippen molar-refractivity contribution in [3.63, 3.8) is 0 Å². The molecule has 1 heterocycles. The van der Waals surface area contributed by atoms with Gasteiger partial charge in [0, 0.05) is 41.3 Å². The maximum absolute atomic E-state index is 13.2. The fourth-order valence-electron chi connectivity index (χ4n) is 2.43. The molecule has 0 saturated heterocycles. The van der Waals surface area contributed by atoms with Crippen LogP contribution in [0.1, 0.15) is 10.4 Å². The Labute approximate surface area is 127 Å². The van der Waals surface area contributed by atoms with Gasteiger partial charge in [0.05, 0.1) is 0 Å². The van der Waals surface area contributed by atoms with Crippen LogP contribution in [0.4, 0.5) is 4.39 Å². The smallest absolute Gasteiger partial charge is 0.251 e. The van der Waals surface area contributed by atoms with Crippen molar-refractivity contribution < 1.29 is 9.18 Å². The van der Waals surface area contributed by atoms with Gasteiger partial charge in [-0.2, -0.15) is 0 Å². The molecule has 0 unspecified atom stereocenters. The molecule has 3 rings (SSSR count). The zero-order valence-electron chi connectivity index (χ0n) is 11.9. The van der Waals surface area contributed by atoms with Gasteiger partial charge in [-0.3, -0.25) is 4.79 Å². The second-order valence-electron chi connectivity index (χ2n) is 5.01. The normalized spacial score (nSPS) is 10.8. The van der Waals surface area contributed by atoms with E-state index in [1.54, 1.807) is 18.2 Å². The summed E-state index contributed by atoms with van der Waals surface area (Å²) in [6, 6.07) is 11.9. The topological polar surface area (TPSA) is 70.9 Å². The first-order valence-corrected chi connectivity index (χ1v) is 7.04. The highest BCUT2D eigenvalue weighted by Gasteiger charge is 2.09. The fraction of sp³-hybridized carbons (Fsp3) is 0.118. The predicted octanol–water partition coefficient (Wildman–Crippen LogP) is 2.66. The van der Waals surface area contributed by atoms with E-state index < -0.39 is 0 Å². The number of rotatable bonds is 4. The number of halogens is 1. The molecule has 1 aromatic heterocycles. The maximum atomic E-state index is 13.2. The standard InChI is InChI=1S/C17H16FN3O/c18-13-5-6-14-15(10-21-16(14)9-13)11-1-3-12(4-2-11)17(22)20-8-7-19/h1-6,9-10,21H,7-8,19H2,(H,20,22). The van der Waals surface area contributed by atoms with Crippen LogP contribution in [0.5, 0.6) is 0 Å². The predicted molar refractivity (Wildman–Crippen MR) is 85.1 cm³/mol. The highest BCUT2D eigenvalue weighted by Crippen LogP contribution is 2.29. The fourth-order valence-corrected chi connectivity index (χ4v) is 2.43. The van der Waals surface area contributed by atoms with Crippen LogP contribution in [0.15, 0.2) is 48.7 Å². The molecule has 4 N–H and O–H groups in total. The van der Waals surface area contributed by atoms with Crippen LogP contribution in [0.2, 0.25) is 0 Å². The summed E-state index contributed by atoms with van der Waals surface area (Å²) >= 11 is 0. The SMILES string of the molecule is NCCNC(=O)c1ccc(-c2c[nH]c3cc(F)ccc23)cc1. The second-order valence-corrected chi connectivity index (χ2v) is 5.01. The number of hydrogen-bond donors (Lipinski definition) is 3. The number of carbonyl (C=O) groups is 1. The van der Waals surface area contributed by atoms with Crippen molar-refractivity contribution in [1.29, 1.82) is 0 Å². The van der Waals surface area contributed by atoms with Gasteiger partial charge < -0.3 is 16.0 Å². The van der Waals surface area contributed by atoms with Crippen LogP contribution in [0, 0.1) is 5.82 Å². The molecule has 0 fully saturated rings. The largest absolute Gasteiger partial charge is 0.360 e. The number of amides is 1.